The second-order valence-corrected chi connectivity index (χ2v) is 4.97. The monoisotopic (exact) mass is 288 g/mol. The summed E-state index contributed by atoms with van der Waals surface area (Å²) < 4.78 is 0. The Morgan fingerprint density at radius 1 is 1.39 bits per heavy atom. The second kappa shape index (κ2) is 7.62. The molecule has 0 radical (unpaired) electrons. The molecule has 0 spiro atoms. The first-order valence-corrected chi connectivity index (χ1v) is 6.75. The molecule has 0 saturated heterocycles. The van der Waals surface area contributed by atoms with Crippen LogP contribution in [0.5, 0.6) is 0 Å². The molecule has 18 heavy (non-hydrogen) atoms. The lowest BCUT2D eigenvalue weighted by molar-refractivity contribution is -0.122. The maximum atomic E-state index is 11.6. The Kier molecular flexibility index (Phi) is 6.47. The first kappa shape index (κ1) is 15.3. The highest BCUT2D eigenvalue weighted by atomic mass is 35.5. The maximum absolute atomic E-state index is 11.6. The lowest BCUT2D eigenvalue weighted by Crippen LogP contribution is -2.42. The van der Waals surface area contributed by atoms with Crippen molar-refractivity contribution < 1.29 is 4.79 Å². The first-order chi connectivity index (χ1) is 8.54. The Hall–Kier alpha value is -0.770. The van der Waals surface area contributed by atoms with Gasteiger partial charge in [-0.15, -0.1) is 0 Å². The molecule has 1 unspecified atom stereocenters. The lowest BCUT2D eigenvalue weighted by atomic mass is 10.2. The third-order valence-corrected chi connectivity index (χ3v) is 3.14. The van der Waals surface area contributed by atoms with Crippen LogP contribution in [0, 0.1) is 0 Å². The van der Waals surface area contributed by atoms with Gasteiger partial charge in [0.25, 0.3) is 0 Å². The summed E-state index contributed by atoms with van der Waals surface area (Å²) in [5, 5.41) is 7.18. The Morgan fingerprint density at radius 2 is 2.11 bits per heavy atom. The number of benzene rings is 1. The van der Waals surface area contributed by atoms with E-state index in [1.807, 2.05) is 19.9 Å². The molecule has 0 aliphatic carbocycles. The highest BCUT2D eigenvalue weighted by Crippen LogP contribution is 2.20. The van der Waals surface area contributed by atoms with E-state index in [0.29, 0.717) is 23.1 Å². The van der Waals surface area contributed by atoms with E-state index in [1.54, 1.807) is 12.1 Å². The lowest BCUT2D eigenvalue weighted by Gasteiger charge is -2.14. The maximum Gasteiger partial charge on any atom is 0.236 e. The molecule has 0 fully saturated rings. The third kappa shape index (κ3) is 4.84. The van der Waals surface area contributed by atoms with Crippen molar-refractivity contribution in [1.82, 2.24) is 10.6 Å². The number of carbonyl (C=O) groups is 1. The summed E-state index contributed by atoms with van der Waals surface area (Å²) in [6, 6.07) is 5.09. The molecule has 2 N–H and O–H groups in total. The SMILES string of the molecule is CCCNC(=O)C(C)NCc1ccc(Cl)cc1Cl. The quantitative estimate of drug-likeness (QED) is 0.845. The molecular formula is C13H18Cl2N2O. The van der Waals surface area contributed by atoms with E-state index in [9.17, 15) is 4.79 Å². The molecule has 0 aliphatic rings. The van der Waals surface area contributed by atoms with Crippen molar-refractivity contribution in [2.24, 2.45) is 0 Å². The largest absolute Gasteiger partial charge is 0.355 e. The van der Waals surface area contributed by atoms with Gasteiger partial charge in [-0.1, -0.05) is 36.2 Å². The van der Waals surface area contributed by atoms with Crippen molar-refractivity contribution in [2.45, 2.75) is 32.9 Å². The van der Waals surface area contributed by atoms with Crippen molar-refractivity contribution in [2.75, 3.05) is 6.54 Å². The van der Waals surface area contributed by atoms with Crippen LogP contribution in [-0.2, 0) is 11.3 Å². The minimum absolute atomic E-state index is 0.00179. The summed E-state index contributed by atoms with van der Waals surface area (Å²) in [4.78, 5) is 11.6. The summed E-state index contributed by atoms with van der Waals surface area (Å²) in [5.74, 6) is 0.00179. The molecule has 1 amide bonds. The molecule has 1 aromatic rings. The predicted molar refractivity (Wildman–Crippen MR) is 76.1 cm³/mol. The van der Waals surface area contributed by atoms with Gasteiger partial charge in [-0.05, 0) is 31.0 Å². The van der Waals surface area contributed by atoms with Crippen LogP contribution in [0.25, 0.3) is 0 Å². The molecule has 0 heterocycles. The van der Waals surface area contributed by atoms with Crippen molar-refractivity contribution in [3.8, 4) is 0 Å². The van der Waals surface area contributed by atoms with Crippen molar-refractivity contribution >= 4 is 29.1 Å². The van der Waals surface area contributed by atoms with Crippen LogP contribution < -0.4 is 10.6 Å². The van der Waals surface area contributed by atoms with Crippen molar-refractivity contribution in [3.05, 3.63) is 33.8 Å². The zero-order chi connectivity index (χ0) is 13.5. The minimum Gasteiger partial charge on any atom is -0.355 e. The van der Waals surface area contributed by atoms with Crippen LogP contribution in [0.4, 0.5) is 0 Å². The van der Waals surface area contributed by atoms with E-state index in [4.69, 9.17) is 23.2 Å². The van der Waals surface area contributed by atoms with Crippen molar-refractivity contribution in [3.63, 3.8) is 0 Å². The van der Waals surface area contributed by atoms with E-state index >= 15 is 0 Å². The van der Waals surface area contributed by atoms with E-state index in [1.165, 1.54) is 0 Å². The van der Waals surface area contributed by atoms with Crippen LogP contribution in [0.15, 0.2) is 18.2 Å². The molecular weight excluding hydrogens is 271 g/mol. The van der Waals surface area contributed by atoms with E-state index < -0.39 is 0 Å². The summed E-state index contributed by atoms with van der Waals surface area (Å²) in [7, 11) is 0. The van der Waals surface area contributed by atoms with Crippen LogP contribution in [0.3, 0.4) is 0 Å². The van der Waals surface area contributed by atoms with Gasteiger partial charge < -0.3 is 10.6 Å². The summed E-state index contributed by atoms with van der Waals surface area (Å²) in [6.45, 7) is 5.09. The normalized spacial score (nSPS) is 12.2. The smallest absolute Gasteiger partial charge is 0.236 e. The van der Waals surface area contributed by atoms with Crippen LogP contribution in [0.2, 0.25) is 10.0 Å². The van der Waals surface area contributed by atoms with Gasteiger partial charge in [-0.3, -0.25) is 4.79 Å². The molecule has 0 bridgehead atoms. The number of rotatable bonds is 6. The number of hydrogen-bond acceptors (Lipinski definition) is 2. The molecule has 3 nitrogen and oxygen atoms in total. The number of nitrogens with one attached hydrogen (secondary N) is 2. The fraction of sp³-hybridized carbons (Fsp3) is 0.462. The molecule has 1 atom stereocenters. The van der Waals surface area contributed by atoms with E-state index in [2.05, 4.69) is 10.6 Å². The first-order valence-electron chi connectivity index (χ1n) is 5.99. The topological polar surface area (TPSA) is 41.1 Å². The zero-order valence-electron chi connectivity index (χ0n) is 10.6. The Bertz CT molecular complexity index is 410. The van der Waals surface area contributed by atoms with Gasteiger partial charge in [0.05, 0.1) is 6.04 Å². The molecule has 0 saturated carbocycles. The number of amides is 1. The Morgan fingerprint density at radius 3 is 2.72 bits per heavy atom. The average Bonchev–Trinajstić information content (AvgIpc) is 2.34. The fourth-order valence-corrected chi connectivity index (χ4v) is 1.90. The van der Waals surface area contributed by atoms with Gasteiger partial charge in [-0.25, -0.2) is 0 Å². The van der Waals surface area contributed by atoms with Crippen LogP contribution in [-0.4, -0.2) is 18.5 Å². The van der Waals surface area contributed by atoms with Crippen molar-refractivity contribution in [1.29, 1.82) is 0 Å². The number of halogens is 2. The molecule has 0 aromatic heterocycles. The zero-order valence-corrected chi connectivity index (χ0v) is 12.1. The average molecular weight is 289 g/mol. The van der Waals surface area contributed by atoms with Gasteiger partial charge in [0.15, 0.2) is 0 Å². The fourth-order valence-electron chi connectivity index (χ4n) is 1.42. The molecule has 1 rings (SSSR count). The van der Waals surface area contributed by atoms with Gasteiger partial charge in [0.1, 0.15) is 0 Å². The Labute approximate surface area is 118 Å². The van der Waals surface area contributed by atoms with Crippen LogP contribution >= 0.6 is 23.2 Å². The van der Waals surface area contributed by atoms with Crippen LogP contribution in [0.1, 0.15) is 25.8 Å². The predicted octanol–water partition coefficient (Wildman–Crippen LogP) is 3.00. The molecule has 0 aliphatic heterocycles. The van der Waals surface area contributed by atoms with Gasteiger partial charge >= 0.3 is 0 Å². The highest BCUT2D eigenvalue weighted by molar-refractivity contribution is 6.35. The van der Waals surface area contributed by atoms with E-state index in [0.717, 1.165) is 12.0 Å². The Balaban J connectivity index is 2.46. The van der Waals surface area contributed by atoms with E-state index in [-0.39, 0.29) is 11.9 Å². The molecule has 1 aromatic carbocycles. The van der Waals surface area contributed by atoms with Gasteiger partial charge in [0.2, 0.25) is 5.91 Å². The summed E-state index contributed by atoms with van der Waals surface area (Å²) >= 11 is 11.9. The third-order valence-electron chi connectivity index (χ3n) is 2.56. The molecule has 5 heteroatoms. The summed E-state index contributed by atoms with van der Waals surface area (Å²) in [5.41, 5.74) is 0.927. The summed E-state index contributed by atoms with van der Waals surface area (Å²) in [6.07, 6.45) is 0.932. The standard InChI is InChI=1S/C13H18Cl2N2O/c1-3-6-16-13(18)9(2)17-8-10-4-5-11(14)7-12(10)15/h4-5,7,9,17H,3,6,8H2,1-2H3,(H,16,18). The minimum atomic E-state index is -0.247. The highest BCUT2D eigenvalue weighted by Gasteiger charge is 2.11. The number of carbonyl (C=O) groups excluding carboxylic acids is 1. The molecule has 100 valence electrons. The van der Waals surface area contributed by atoms with Gasteiger partial charge in [-0.2, -0.15) is 0 Å². The number of hydrogen-bond donors (Lipinski definition) is 2. The second-order valence-electron chi connectivity index (χ2n) is 4.13. The van der Waals surface area contributed by atoms with Gasteiger partial charge in [0, 0.05) is 23.1 Å².